The number of Topliss-reactive ketones (excluding diaryl/α,β-unsaturated/α-hetero) is 3. The summed E-state index contributed by atoms with van der Waals surface area (Å²) in [7, 11) is 0. The first-order valence-electron chi connectivity index (χ1n) is 22.8. The van der Waals surface area contributed by atoms with Gasteiger partial charge in [0.1, 0.15) is 5.54 Å². The Balaban J connectivity index is 2.00. The highest BCUT2D eigenvalue weighted by atomic mass is 16.6. The Morgan fingerprint density at radius 1 is 0.627 bits per heavy atom. The van der Waals surface area contributed by atoms with E-state index in [-0.39, 0.29) is 34.3 Å². The molecule has 0 saturated carbocycles. The van der Waals surface area contributed by atoms with Gasteiger partial charge in [0, 0.05) is 32.9 Å². The van der Waals surface area contributed by atoms with Crippen molar-refractivity contribution in [3.05, 3.63) is 24.3 Å². The quantitative estimate of drug-likeness (QED) is 0.0979. The summed E-state index contributed by atoms with van der Waals surface area (Å²) in [6.45, 7) is 39.1. The second kappa shape index (κ2) is 19.8. The fourth-order valence-electron chi connectivity index (χ4n) is 9.64. The molecule has 340 valence electrons. The van der Waals surface area contributed by atoms with Gasteiger partial charge in [0.15, 0.2) is 17.3 Å². The van der Waals surface area contributed by atoms with Crippen LogP contribution in [0.15, 0.2) is 24.3 Å². The number of rotatable bonds is 19. The van der Waals surface area contributed by atoms with E-state index >= 15 is 0 Å². The summed E-state index contributed by atoms with van der Waals surface area (Å²) in [5, 5.41) is 7.31. The maximum absolute atomic E-state index is 14.3. The molecule has 0 aliphatic carbocycles. The van der Waals surface area contributed by atoms with Gasteiger partial charge in [0.2, 0.25) is 0 Å². The molecule has 9 nitrogen and oxygen atoms in total. The Kier molecular flexibility index (Phi) is 17.7. The van der Waals surface area contributed by atoms with Crippen LogP contribution in [0, 0.1) is 16.2 Å². The molecule has 2 rings (SSSR count). The number of ketones is 3. The fourth-order valence-corrected chi connectivity index (χ4v) is 9.64. The molecule has 2 saturated heterocycles. The molecule has 2 atom stereocenters. The minimum absolute atomic E-state index is 0.0933. The number of carbonyl (C=O) groups is 4. The van der Waals surface area contributed by atoms with E-state index in [1.54, 1.807) is 4.90 Å². The number of likely N-dealkylation sites (tertiary alicyclic amines) is 2. The van der Waals surface area contributed by atoms with E-state index in [0.717, 1.165) is 70.8 Å². The van der Waals surface area contributed by atoms with E-state index in [1.165, 1.54) is 0 Å². The van der Waals surface area contributed by atoms with Gasteiger partial charge in [-0.25, -0.2) is 4.79 Å². The molecule has 9 heteroatoms. The number of carbonyl (C=O) groups excluding carboxylic acids is 4. The number of hydrogen-bond donors (Lipinski definition) is 2. The van der Waals surface area contributed by atoms with Gasteiger partial charge in [-0.15, -0.1) is 0 Å². The molecule has 1 unspecified atom stereocenters. The Morgan fingerprint density at radius 3 is 1.56 bits per heavy atom. The monoisotopic (exact) mass is 827 g/mol. The summed E-state index contributed by atoms with van der Waals surface area (Å²) in [4.78, 5) is 58.6. The molecule has 1 amide bonds. The van der Waals surface area contributed by atoms with Crippen LogP contribution in [-0.2, 0) is 19.1 Å². The van der Waals surface area contributed by atoms with Crippen LogP contribution in [-0.4, -0.2) is 92.7 Å². The third-order valence-corrected chi connectivity index (χ3v) is 11.5. The van der Waals surface area contributed by atoms with E-state index in [0.29, 0.717) is 31.9 Å². The number of allylic oxidation sites excluding steroid dienone is 3. The van der Waals surface area contributed by atoms with Gasteiger partial charge in [0.25, 0.3) is 0 Å². The zero-order valence-corrected chi connectivity index (χ0v) is 41.4. The summed E-state index contributed by atoms with van der Waals surface area (Å²) in [6.07, 6.45) is 17.5. The fraction of sp³-hybridized carbons (Fsp3) is 0.840. The zero-order valence-electron chi connectivity index (χ0n) is 41.4. The lowest BCUT2D eigenvalue weighted by molar-refractivity contribution is -0.141. The van der Waals surface area contributed by atoms with Gasteiger partial charge in [-0.3, -0.25) is 24.6 Å². The number of unbranched alkanes of at least 4 members (excludes halogenated alkanes) is 3. The number of nitrogens with zero attached hydrogens (tertiary/aromatic N) is 2. The highest BCUT2D eigenvalue weighted by molar-refractivity contribution is 5.96. The summed E-state index contributed by atoms with van der Waals surface area (Å²) in [5.41, 5.74) is -3.93. The van der Waals surface area contributed by atoms with Gasteiger partial charge < -0.3 is 15.0 Å². The van der Waals surface area contributed by atoms with Crippen LogP contribution in [0.25, 0.3) is 0 Å². The van der Waals surface area contributed by atoms with Gasteiger partial charge in [-0.05, 0) is 139 Å². The third-order valence-electron chi connectivity index (χ3n) is 11.5. The minimum atomic E-state index is -0.755. The van der Waals surface area contributed by atoms with Crippen molar-refractivity contribution in [3.8, 4) is 0 Å². The summed E-state index contributed by atoms with van der Waals surface area (Å²) in [5.74, 6) is 0.702. The average Bonchev–Trinajstić information content (AvgIpc) is 3.49. The van der Waals surface area contributed by atoms with Crippen molar-refractivity contribution in [2.24, 2.45) is 16.2 Å². The second-order valence-corrected chi connectivity index (χ2v) is 24.2. The number of ether oxygens (including phenoxy) is 1. The van der Waals surface area contributed by atoms with Gasteiger partial charge in [-0.1, -0.05) is 86.6 Å². The first kappa shape index (κ1) is 52.8. The highest BCUT2D eigenvalue weighted by Gasteiger charge is 2.56. The number of hydrogen-bond acceptors (Lipinski definition) is 8. The largest absolute Gasteiger partial charge is 0.449 e. The van der Waals surface area contributed by atoms with Crippen molar-refractivity contribution in [1.82, 2.24) is 20.4 Å². The molecule has 2 heterocycles. The summed E-state index contributed by atoms with van der Waals surface area (Å²) >= 11 is 0. The molecule has 2 aliphatic rings. The van der Waals surface area contributed by atoms with Crippen molar-refractivity contribution < 1.29 is 23.9 Å². The van der Waals surface area contributed by atoms with Crippen LogP contribution >= 0.6 is 0 Å². The van der Waals surface area contributed by atoms with Gasteiger partial charge in [-0.2, -0.15) is 0 Å². The van der Waals surface area contributed by atoms with Crippen LogP contribution in [0.5, 0.6) is 0 Å². The zero-order chi connectivity index (χ0) is 45.5. The molecule has 0 bridgehead atoms. The first-order chi connectivity index (χ1) is 26.6. The van der Waals surface area contributed by atoms with Crippen molar-refractivity contribution in [2.75, 3.05) is 26.2 Å². The third kappa shape index (κ3) is 15.2. The van der Waals surface area contributed by atoms with Crippen LogP contribution < -0.4 is 10.6 Å². The predicted molar refractivity (Wildman–Crippen MR) is 246 cm³/mol. The molecule has 0 aromatic rings. The summed E-state index contributed by atoms with van der Waals surface area (Å²) in [6, 6.07) is 0. The maximum atomic E-state index is 14.3. The van der Waals surface area contributed by atoms with Crippen LogP contribution in [0.1, 0.15) is 195 Å². The minimum Gasteiger partial charge on any atom is -0.449 e. The van der Waals surface area contributed by atoms with Crippen molar-refractivity contribution in [3.63, 3.8) is 0 Å². The molecule has 2 aliphatic heterocycles. The Morgan fingerprint density at radius 2 is 1.12 bits per heavy atom. The number of amides is 1. The Bertz CT molecular complexity index is 1480. The standard InChI is InChI=1S/C50H90N4O5/c1-42(2,3)38(55)48(51-45(10,11)12,31-26-22-23-27-32-50(40(57)44(7,8)9)33-29-34-54(50)47(16,17)18)30-25-21-19-20-24-28-35-59-41(58)53-36-49(37-53,52-46(13,14)15)39(56)43(4,5)6/h19-20,23,27,51-52H,21-22,24-26,28-37H2,1-18H3/b20-19+,27-23+/t48?,50-/m0/s1. The topological polar surface area (TPSA) is 108 Å². The highest BCUT2D eigenvalue weighted by Crippen LogP contribution is 2.43. The van der Waals surface area contributed by atoms with E-state index in [2.05, 4.69) is 81.4 Å². The summed E-state index contributed by atoms with van der Waals surface area (Å²) < 4.78 is 5.59. The molecule has 2 fully saturated rings. The number of nitrogens with one attached hydrogen (secondary N) is 2. The molecule has 0 radical (unpaired) electrons. The van der Waals surface area contributed by atoms with E-state index in [4.69, 9.17) is 4.74 Å². The lowest BCUT2D eigenvalue weighted by Crippen LogP contribution is -2.78. The van der Waals surface area contributed by atoms with E-state index < -0.39 is 32.9 Å². The molecular formula is C50H90N4O5. The molecule has 0 aromatic heterocycles. The Labute approximate surface area is 362 Å². The van der Waals surface area contributed by atoms with Crippen molar-refractivity contribution >= 4 is 23.4 Å². The van der Waals surface area contributed by atoms with Gasteiger partial charge in [0.05, 0.1) is 30.8 Å². The van der Waals surface area contributed by atoms with Gasteiger partial charge >= 0.3 is 6.09 Å². The van der Waals surface area contributed by atoms with E-state index in [1.807, 2.05) is 83.1 Å². The lowest BCUT2D eigenvalue weighted by atomic mass is 9.72. The lowest BCUT2D eigenvalue weighted by Gasteiger charge is -2.53. The predicted octanol–water partition coefficient (Wildman–Crippen LogP) is 10.8. The molecule has 2 N–H and O–H groups in total. The Hall–Kier alpha value is -2.36. The average molecular weight is 827 g/mol. The first-order valence-corrected chi connectivity index (χ1v) is 22.8. The molecular weight excluding hydrogens is 737 g/mol. The SMILES string of the molecule is CC(C)(C)NC(CCC/C=C/CCCOC(=O)N1CC(NC(C)(C)C)(C(=O)C(C)(C)C)C1)(CCC/C=C/C[C@@]1(C(=O)C(C)(C)C)CCCN1C(C)(C)C)C(=O)C(C)(C)C. The van der Waals surface area contributed by atoms with Crippen LogP contribution in [0.2, 0.25) is 0 Å². The molecule has 0 spiro atoms. The van der Waals surface area contributed by atoms with Crippen LogP contribution in [0.4, 0.5) is 4.79 Å². The van der Waals surface area contributed by atoms with Crippen LogP contribution in [0.3, 0.4) is 0 Å². The molecule has 59 heavy (non-hydrogen) atoms. The normalized spacial score (nSPS) is 20.9. The second-order valence-electron chi connectivity index (χ2n) is 24.2. The molecule has 0 aromatic carbocycles. The van der Waals surface area contributed by atoms with Crippen molar-refractivity contribution in [2.45, 2.75) is 228 Å². The van der Waals surface area contributed by atoms with E-state index in [9.17, 15) is 19.2 Å². The maximum Gasteiger partial charge on any atom is 0.409 e. The van der Waals surface area contributed by atoms with Crippen molar-refractivity contribution in [1.29, 1.82) is 0 Å². The smallest absolute Gasteiger partial charge is 0.409 e.